The molecule has 0 aromatic carbocycles. The van der Waals surface area contributed by atoms with Gasteiger partial charge in [0.05, 0.1) is 4.88 Å². The van der Waals surface area contributed by atoms with Gasteiger partial charge in [-0.1, -0.05) is 6.08 Å². The molecule has 4 heteroatoms. The number of thiophene rings is 1. The van der Waals surface area contributed by atoms with Crippen LogP contribution in [0.1, 0.15) is 27.0 Å². The highest BCUT2D eigenvalue weighted by molar-refractivity contribution is 7.14. The average Bonchev–Trinajstić information content (AvgIpc) is 2.54. The number of aryl methyl sites for hydroxylation is 1. The van der Waals surface area contributed by atoms with Crippen molar-refractivity contribution in [1.29, 1.82) is 0 Å². The maximum absolute atomic E-state index is 10.6. The topological polar surface area (TPSA) is 46.2 Å². The number of carbonyl (C=O) groups excluding carboxylic acids is 2. The smallest absolute Gasteiger partial charge is 0.217 e. The van der Waals surface area contributed by atoms with E-state index in [1.807, 2.05) is 25.1 Å². The lowest BCUT2D eigenvalue weighted by molar-refractivity contribution is -0.118. The molecule has 1 rings (SSSR count). The Morgan fingerprint density at radius 3 is 2.87 bits per heavy atom. The molecule has 0 unspecified atom stereocenters. The van der Waals surface area contributed by atoms with Gasteiger partial charge in [0, 0.05) is 18.3 Å². The molecule has 80 valence electrons. The Morgan fingerprint density at radius 1 is 1.60 bits per heavy atom. The third kappa shape index (κ3) is 3.67. The van der Waals surface area contributed by atoms with Crippen LogP contribution in [-0.2, 0) is 4.79 Å². The summed E-state index contributed by atoms with van der Waals surface area (Å²) in [5.74, 6) is -0.0452. The number of nitrogens with one attached hydrogen (secondary N) is 1. The van der Waals surface area contributed by atoms with Crippen LogP contribution in [0.3, 0.4) is 0 Å². The molecule has 0 radical (unpaired) electrons. The maximum Gasteiger partial charge on any atom is 0.217 e. The standard InChI is InChI=1S/C11H13NO2S/c1-8-6-10(7-13)15-11(8)4-3-5-12-9(2)14/h3-4,6-7H,5H2,1-2H3,(H,12,14). The summed E-state index contributed by atoms with van der Waals surface area (Å²) in [4.78, 5) is 22.9. The molecule has 0 saturated heterocycles. The van der Waals surface area contributed by atoms with E-state index in [2.05, 4.69) is 5.32 Å². The molecule has 0 aliphatic heterocycles. The van der Waals surface area contributed by atoms with E-state index in [1.165, 1.54) is 18.3 Å². The third-order valence-corrected chi connectivity index (χ3v) is 2.96. The maximum atomic E-state index is 10.6. The van der Waals surface area contributed by atoms with Gasteiger partial charge in [0.1, 0.15) is 0 Å². The molecule has 0 aliphatic rings. The van der Waals surface area contributed by atoms with Gasteiger partial charge in [-0.25, -0.2) is 0 Å². The zero-order chi connectivity index (χ0) is 11.3. The molecule has 0 fully saturated rings. The number of aldehydes is 1. The summed E-state index contributed by atoms with van der Waals surface area (Å²) in [6.45, 7) is 3.96. The zero-order valence-electron chi connectivity index (χ0n) is 8.74. The highest BCUT2D eigenvalue weighted by Crippen LogP contribution is 2.21. The van der Waals surface area contributed by atoms with Crippen LogP contribution >= 0.6 is 11.3 Å². The van der Waals surface area contributed by atoms with Crippen molar-refractivity contribution in [2.75, 3.05) is 6.54 Å². The molecule has 0 aliphatic carbocycles. The van der Waals surface area contributed by atoms with E-state index in [-0.39, 0.29) is 5.91 Å². The van der Waals surface area contributed by atoms with Crippen LogP contribution in [0.25, 0.3) is 6.08 Å². The molecule has 3 nitrogen and oxygen atoms in total. The Bertz CT molecular complexity index is 393. The van der Waals surface area contributed by atoms with Crippen LogP contribution in [-0.4, -0.2) is 18.7 Å². The lowest BCUT2D eigenvalue weighted by Gasteiger charge is -1.94. The Kier molecular flexibility index (Phi) is 4.24. The third-order valence-electron chi connectivity index (χ3n) is 1.83. The van der Waals surface area contributed by atoms with Crippen molar-refractivity contribution in [2.45, 2.75) is 13.8 Å². The minimum atomic E-state index is -0.0452. The summed E-state index contributed by atoms with van der Waals surface area (Å²) in [6.07, 6.45) is 4.64. The van der Waals surface area contributed by atoms with Gasteiger partial charge >= 0.3 is 0 Å². The summed E-state index contributed by atoms with van der Waals surface area (Å²) in [5, 5.41) is 2.67. The summed E-state index contributed by atoms with van der Waals surface area (Å²) < 4.78 is 0. The highest BCUT2D eigenvalue weighted by atomic mass is 32.1. The summed E-state index contributed by atoms with van der Waals surface area (Å²) in [5.41, 5.74) is 1.08. The SMILES string of the molecule is CC(=O)NCC=Cc1sc(C=O)cc1C. The van der Waals surface area contributed by atoms with E-state index in [9.17, 15) is 9.59 Å². The molecule has 1 heterocycles. The number of rotatable bonds is 4. The predicted octanol–water partition coefficient (Wildman–Crippen LogP) is 2.02. The zero-order valence-corrected chi connectivity index (χ0v) is 9.56. The van der Waals surface area contributed by atoms with Crippen LogP contribution in [0, 0.1) is 6.92 Å². The van der Waals surface area contributed by atoms with Crippen LogP contribution in [0.15, 0.2) is 12.1 Å². The van der Waals surface area contributed by atoms with Crippen LogP contribution < -0.4 is 5.32 Å². The van der Waals surface area contributed by atoms with Crippen molar-refractivity contribution in [3.05, 3.63) is 27.5 Å². The van der Waals surface area contributed by atoms with Gasteiger partial charge in [0.15, 0.2) is 6.29 Å². The summed E-state index contributed by atoms with van der Waals surface area (Å²) in [6, 6.07) is 1.86. The largest absolute Gasteiger partial charge is 0.353 e. The van der Waals surface area contributed by atoms with Crippen molar-refractivity contribution in [3.8, 4) is 0 Å². The molecule has 1 N–H and O–H groups in total. The van der Waals surface area contributed by atoms with E-state index in [0.29, 0.717) is 6.54 Å². The molecular formula is C11H13NO2S. The van der Waals surface area contributed by atoms with Gasteiger partial charge in [0.25, 0.3) is 0 Å². The van der Waals surface area contributed by atoms with E-state index in [4.69, 9.17) is 0 Å². The van der Waals surface area contributed by atoms with Gasteiger partial charge in [-0.05, 0) is 24.6 Å². The molecule has 1 aromatic heterocycles. The minimum absolute atomic E-state index is 0.0452. The van der Waals surface area contributed by atoms with Gasteiger partial charge in [-0.2, -0.15) is 0 Å². The van der Waals surface area contributed by atoms with Gasteiger partial charge in [-0.3, -0.25) is 9.59 Å². The van der Waals surface area contributed by atoms with Crippen molar-refractivity contribution < 1.29 is 9.59 Å². The Hall–Kier alpha value is -1.42. The first-order valence-corrected chi connectivity index (χ1v) is 5.41. The van der Waals surface area contributed by atoms with Crippen molar-refractivity contribution in [3.63, 3.8) is 0 Å². The number of hydrogen-bond acceptors (Lipinski definition) is 3. The number of carbonyl (C=O) groups is 2. The molecule has 0 atom stereocenters. The van der Waals surface area contributed by atoms with Gasteiger partial charge in [0.2, 0.25) is 5.91 Å². The Labute approximate surface area is 92.8 Å². The Morgan fingerprint density at radius 2 is 2.33 bits per heavy atom. The molecule has 1 aromatic rings. The second kappa shape index (κ2) is 5.46. The van der Waals surface area contributed by atoms with E-state index >= 15 is 0 Å². The van der Waals surface area contributed by atoms with Crippen molar-refractivity contribution in [2.24, 2.45) is 0 Å². The first kappa shape index (κ1) is 11.7. The number of hydrogen-bond donors (Lipinski definition) is 1. The lowest BCUT2D eigenvalue weighted by Crippen LogP contribution is -2.19. The first-order chi connectivity index (χ1) is 7.13. The second-order valence-corrected chi connectivity index (χ2v) is 4.27. The molecule has 15 heavy (non-hydrogen) atoms. The van der Waals surface area contributed by atoms with Gasteiger partial charge < -0.3 is 5.32 Å². The quantitative estimate of drug-likeness (QED) is 0.794. The predicted molar refractivity (Wildman–Crippen MR) is 62.2 cm³/mol. The normalized spacial score (nSPS) is 10.5. The monoisotopic (exact) mass is 223 g/mol. The lowest BCUT2D eigenvalue weighted by atomic mass is 10.2. The molecular weight excluding hydrogens is 210 g/mol. The molecule has 1 amide bonds. The van der Waals surface area contributed by atoms with Gasteiger partial charge in [-0.15, -0.1) is 11.3 Å². The molecule has 0 bridgehead atoms. The van der Waals surface area contributed by atoms with Crippen LogP contribution in [0.4, 0.5) is 0 Å². The fourth-order valence-corrected chi connectivity index (χ4v) is 2.04. The second-order valence-electron chi connectivity index (χ2n) is 3.15. The highest BCUT2D eigenvalue weighted by Gasteiger charge is 2.00. The Balaban J connectivity index is 2.59. The van der Waals surface area contributed by atoms with E-state index in [1.54, 1.807) is 0 Å². The van der Waals surface area contributed by atoms with E-state index < -0.39 is 0 Å². The van der Waals surface area contributed by atoms with Crippen LogP contribution in [0.5, 0.6) is 0 Å². The fourth-order valence-electron chi connectivity index (χ4n) is 1.11. The molecule has 0 saturated carbocycles. The summed E-state index contributed by atoms with van der Waals surface area (Å²) >= 11 is 1.45. The first-order valence-electron chi connectivity index (χ1n) is 4.60. The summed E-state index contributed by atoms with van der Waals surface area (Å²) in [7, 11) is 0. The number of amides is 1. The van der Waals surface area contributed by atoms with E-state index in [0.717, 1.165) is 21.6 Å². The minimum Gasteiger partial charge on any atom is -0.353 e. The average molecular weight is 223 g/mol. The molecule has 0 spiro atoms. The van der Waals surface area contributed by atoms with Crippen molar-refractivity contribution in [1.82, 2.24) is 5.32 Å². The van der Waals surface area contributed by atoms with Crippen molar-refractivity contribution >= 4 is 29.6 Å². The fraction of sp³-hybridized carbons (Fsp3) is 0.273. The van der Waals surface area contributed by atoms with Crippen LogP contribution in [0.2, 0.25) is 0 Å².